The molecule has 0 amide bonds. The number of nitrogens with one attached hydrogen (secondary N) is 1. The van der Waals surface area contributed by atoms with Crippen LogP contribution in [0.25, 0.3) is 0 Å². The molecule has 0 radical (unpaired) electrons. The van der Waals surface area contributed by atoms with Gasteiger partial charge >= 0.3 is 5.97 Å². The summed E-state index contributed by atoms with van der Waals surface area (Å²) in [5.74, 6) is -1.19. The van der Waals surface area contributed by atoms with Gasteiger partial charge in [-0.15, -0.1) is 11.3 Å². The highest BCUT2D eigenvalue weighted by Crippen LogP contribution is 2.27. The van der Waals surface area contributed by atoms with E-state index < -0.39 is 16.0 Å². The molecule has 5 nitrogen and oxygen atoms in total. The first kappa shape index (κ1) is 15.1. The summed E-state index contributed by atoms with van der Waals surface area (Å²) in [6.07, 6.45) is 0. The van der Waals surface area contributed by atoms with Gasteiger partial charge in [-0.3, -0.25) is 4.72 Å². The van der Waals surface area contributed by atoms with Crippen molar-refractivity contribution in [2.24, 2.45) is 0 Å². The first-order chi connectivity index (χ1) is 9.28. The molecule has 0 atom stereocenters. The number of thiophene rings is 1. The molecule has 0 fully saturated rings. The lowest BCUT2D eigenvalue weighted by Crippen LogP contribution is -2.11. The number of rotatable bonds is 4. The molecule has 0 aliphatic rings. The second-order valence-electron chi connectivity index (χ2n) is 3.72. The maximum atomic E-state index is 12.1. The fraction of sp³-hybridized carbons (Fsp3) is 0. The predicted molar refractivity (Wildman–Crippen MR) is 78.5 cm³/mol. The lowest BCUT2D eigenvalue weighted by Gasteiger charge is -2.07. The van der Waals surface area contributed by atoms with Crippen LogP contribution in [0.4, 0.5) is 5.69 Å². The van der Waals surface area contributed by atoms with Crippen molar-refractivity contribution < 1.29 is 18.3 Å². The monoisotopic (exact) mass is 351 g/mol. The molecule has 0 spiro atoms. The SMILES string of the molecule is O=C(O)c1csc(S(=O)(=O)Nc2cc(Cl)cc(Cl)c2)c1. The van der Waals surface area contributed by atoms with E-state index in [1.54, 1.807) is 0 Å². The topological polar surface area (TPSA) is 83.5 Å². The van der Waals surface area contributed by atoms with E-state index in [-0.39, 0.29) is 25.5 Å². The van der Waals surface area contributed by atoms with Crippen molar-refractivity contribution in [2.75, 3.05) is 4.72 Å². The number of halogens is 2. The van der Waals surface area contributed by atoms with Crippen LogP contribution >= 0.6 is 34.5 Å². The average molecular weight is 352 g/mol. The van der Waals surface area contributed by atoms with Crippen LogP contribution in [0.1, 0.15) is 10.4 Å². The fourth-order valence-corrected chi connectivity index (χ4v) is 4.11. The molecule has 0 aliphatic carbocycles. The molecule has 2 N–H and O–H groups in total. The van der Waals surface area contributed by atoms with Gasteiger partial charge in [0.1, 0.15) is 4.21 Å². The molecule has 1 aromatic heterocycles. The summed E-state index contributed by atoms with van der Waals surface area (Å²) in [4.78, 5) is 10.7. The van der Waals surface area contributed by atoms with Gasteiger partial charge in [0.05, 0.1) is 11.3 Å². The first-order valence-electron chi connectivity index (χ1n) is 5.09. The molecule has 1 aromatic carbocycles. The van der Waals surface area contributed by atoms with Crippen LogP contribution in [-0.2, 0) is 10.0 Å². The smallest absolute Gasteiger partial charge is 0.336 e. The number of hydrogen-bond acceptors (Lipinski definition) is 4. The lowest BCUT2D eigenvalue weighted by molar-refractivity contribution is 0.0697. The summed E-state index contributed by atoms with van der Waals surface area (Å²) in [6.45, 7) is 0. The summed E-state index contributed by atoms with van der Waals surface area (Å²) < 4.78 is 26.3. The number of carboxylic acids is 1. The Morgan fingerprint density at radius 2 is 1.75 bits per heavy atom. The van der Waals surface area contributed by atoms with E-state index in [4.69, 9.17) is 28.3 Å². The molecule has 2 rings (SSSR count). The highest BCUT2D eigenvalue weighted by atomic mass is 35.5. The van der Waals surface area contributed by atoms with Gasteiger partial charge in [-0.05, 0) is 24.3 Å². The Bertz CT molecular complexity index is 750. The first-order valence-corrected chi connectivity index (χ1v) is 8.20. The zero-order chi connectivity index (χ0) is 14.9. The highest BCUT2D eigenvalue weighted by molar-refractivity contribution is 7.94. The fourth-order valence-electron chi connectivity index (χ4n) is 1.39. The highest BCUT2D eigenvalue weighted by Gasteiger charge is 2.19. The van der Waals surface area contributed by atoms with Crippen LogP contribution in [0.15, 0.2) is 33.9 Å². The van der Waals surface area contributed by atoms with E-state index in [1.807, 2.05) is 0 Å². The summed E-state index contributed by atoms with van der Waals surface area (Å²) in [6, 6.07) is 5.35. The van der Waals surface area contributed by atoms with Crippen molar-refractivity contribution in [1.29, 1.82) is 0 Å². The summed E-state index contributed by atoms with van der Waals surface area (Å²) in [7, 11) is -3.87. The predicted octanol–water partition coefficient (Wildman–Crippen LogP) is 3.55. The number of aromatic carboxylic acids is 1. The van der Waals surface area contributed by atoms with Crippen LogP contribution in [0.5, 0.6) is 0 Å². The Kier molecular flexibility index (Phi) is 4.24. The van der Waals surface area contributed by atoms with Crippen LogP contribution < -0.4 is 4.72 Å². The van der Waals surface area contributed by atoms with Gasteiger partial charge < -0.3 is 5.11 Å². The number of carbonyl (C=O) groups is 1. The van der Waals surface area contributed by atoms with Crippen LogP contribution in [-0.4, -0.2) is 19.5 Å². The standard InChI is InChI=1S/C11H7Cl2NO4S2/c12-7-2-8(13)4-9(3-7)14-20(17,18)10-1-6(5-19-10)11(15)16/h1-5,14H,(H,15,16). The van der Waals surface area contributed by atoms with Crippen molar-refractivity contribution in [3.63, 3.8) is 0 Å². The second-order valence-corrected chi connectivity index (χ2v) is 7.42. The van der Waals surface area contributed by atoms with Gasteiger partial charge in [-0.2, -0.15) is 0 Å². The van der Waals surface area contributed by atoms with E-state index >= 15 is 0 Å². The average Bonchev–Trinajstić information content (AvgIpc) is 2.76. The number of anilines is 1. The van der Waals surface area contributed by atoms with Gasteiger partial charge in [-0.1, -0.05) is 23.2 Å². The number of carboxylic acid groups (broad SMARTS) is 1. The number of hydrogen-bond donors (Lipinski definition) is 2. The van der Waals surface area contributed by atoms with E-state index in [0.29, 0.717) is 0 Å². The Morgan fingerprint density at radius 1 is 1.15 bits per heavy atom. The number of benzene rings is 1. The molecule has 0 bridgehead atoms. The van der Waals surface area contributed by atoms with E-state index in [1.165, 1.54) is 23.6 Å². The molecule has 106 valence electrons. The maximum Gasteiger partial charge on any atom is 0.336 e. The van der Waals surface area contributed by atoms with Crippen molar-refractivity contribution >= 4 is 56.2 Å². The molecule has 1 heterocycles. The Balaban J connectivity index is 2.32. The summed E-state index contributed by atoms with van der Waals surface area (Å²) in [5, 5.41) is 10.6. The van der Waals surface area contributed by atoms with Gasteiger partial charge in [0.25, 0.3) is 10.0 Å². The largest absolute Gasteiger partial charge is 0.478 e. The van der Waals surface area contributed by atoms with Crippen molar-refractivity contribution in [3.05, 3.63) is 45.3 Å². The molecule has 20 heavy (non-hydrogen) atoms. The zero-order valence-electron chi connectivity index (χ0n) is 9.63. The third kappa shape index (κ3) is 3.43. The summed E-state index contributed by atoms with van der Waals surface area (Å²) in [5.41, 5.74) is 0.118. The van der Waals surface area contributed by atoms with E-state index in [2.05, 4.69) is 4.72 Å². The minimum atomic E-state index is -3.87. The molecular weight excluding hydrogens is 345 g/mol. The van der Waals surface area contributed by atoms with Crippen LogP contribution in [0, 0.1) is 0 Å². The summed E-state index contributed by atoms with van der Waals surface area (Å²) >= 11 is 12.4. The molecule has 9 heteroatoms. The molecule has 0 aliphatic heterocycles. The van der Waals surface area contributed by atoms with E-state index in [0.717, 1.165) is 17.4 Å². The molecule has 0 saturated carbocycles. The van der Waals surface area contributed by atoms with Crippen LogP contribution in [0.3, 0.4) is 0 Å². The van der Waals surface area contributed by atoms with Crippen molar-refractivity contribution in [3.8, 4) is 0 Å². The zero-order valence-corrected chi connectivity index (χ0v) is 12.8. The van der Waals surface area contributed by atoms with Crippen molar-refractivity contribution in [2.45, 2.75) is 4.21 Å². The van der Waals surface area contributed by atoms with Gasteiger partial charge in [0.2, 0.25) is 0 Å². The maximum absolute atomic E-state index is 12.1. The lowest BCUT2D eigenvalue weighted by atomic mass is 10.3. The Hall–Kier alpha value is -1.28. The molecular formula is C11H7Cl2NO4S2. The van der Waals surface area contributed by atoms with Crippen molar-refractivity contribution in [1.82, 2.24) is 0 Å². The van der Waals surface area contributed by atoms with E-state index in [9.17, 15) is 13.2 Å². The van der Waals surface area contributed by atoms with Gasteiger partial charge in [-0.25, -0.2) is 13.2 Å². The second kappa shape index (κ2) is 5.61. The Labute approximate surface area is 128 Å². The quantitative estimate of drug-likeness (QED) is 0.881. The Morgan fingerprint density at radius 3 is 2.25 bits per heavy atom. The minimum Gasteiger partial charge on any atom is -0.478 e. The molecule has 2 aromatic rings. The number of sulfonamides is 1. The third-order valence-electron chi connectivity index (χ3n) is 2.20. The molecule has 0 saturated heterocycles. The minimum absolute atomic E-state index is 0.0838. The third-order valence-corrected chi connectivity index (χ3v) is 5.46. The molecule has 0 unspecified atom stereocenters. The normalized spacial score (nSPS) is 11.3. The van der Waals surface area contributed by atoms with Gasteiger partial charge in [0.15, 0.2) is 0 Å². The van der Waals surface area contributed by atoms with Gasteiger partial charge in [0, 0.05) is 15.4 Å². The van der Waals surface area contributed by atoms with Crippen LogP contribution in [0.2, 0.25) is 10.0 Å².